The van der Waals surface area contributed by atoms with Crippen LogP contribution in [0.15, 0.2) is 36.8 Å². The van der Waals surface area contributed by atoms with Gasteiger partial charge in [-0.25, -0.2) is 19.3 Å². The van der Waals surface area contributed by atoms with Crippen LogP contribution in [-0.2, 0) is 11.0 Å². The van der Waals surface area contributed by atoms with Gasteiger partial charge in [-0.1, -0.05) is 0 Å². The van der Waals surface area contributed by atoms with Gasteiger partial charge in [0, 0.05) is 61.8 Å². The van der Waals surface area contributed by atoms with Crippen LogP contribution in [0, 0.1) is 12.7 Å². The second-order valence-corrected chi connectivity index (χ2v) is 9.49. The van der Waals surface area contributed by atoms with E-state index in [9.17, 15) is 22.8 Å². The molecular weight excluding hydrogens is 518 g/mol. The summed E-state index contributed by atoms with van der Waals surface area (Å²) in [5, 5.41) is 8.08. The lowest BCUT2D eigenvalue weighted by Crippen LogP contribution is -2.54. The molecule has 2 atom stereocenters. The lowest BCUT2D eigenvalue weighted by atomic mass is 10.0. The molecule has 9 nitrogen and oxygen atoms in total. The van der Waals surface area contributed by atoms with Gasteiger partial charge < -0.3 is 20.9 Å². The molecule has 1 saturated heterocycles. The van der Waals surface area contributed by atoms with Crippen LogP contribution in [-0.4, -0.2) is 51.9 Å². The number of aryl methyl sites for hydroxylation is 1. The summed E-state index contributed by atoms with van der Waals surface area (Å²) in [5.74, 6) is -2.19. The minimum absolute atomic E-state index is 0.0351. The van der Waals surface area contributed by atoms with Crippen molar-refractivity contribution in [3.63, 3.8) is 0 Å². The Balaban J connectivity index is 1.79. The first-order valence-electron chi connectivity index (χ1n) is 12.1. The molecular formula is C26H27F4N7O2. The Labute approximate surface area is 222 Å². The first kappa shape index (κ1) is 27.9. The molecule has 0 radical (unpaired) electrons. The molecule has 39 heavy (non-hydrogen) atoms. The molecule has 13 heteroatoms. The number of hydrogen-bond donors (Lipinski definition) is 3. The molecule has 2 amide bonds. The molecule has 0 unspecified atom stereocenters. The molecule has 0 saturated carbocycles. The Morgan fingerprint density at radius 2 is 1.64 bits per heavy atom. The Morgan fingerprint density at radius 1 is 1.00 bits per heavy atom. The number of carbonyl (C=O) groups excluding carboxylic acids is 2. The second-order valence-electron chi connectivity index (χ2n) is 9.49. The zero-order valence-electron chi connectivity index (χ0n) is 21.7. The Morgan fingerprint density at radius 3 is 2.23 bits per heavy atom. The van der Waals surface area contributed by atoms with E-state index in [0.717, 1.165) is 13.1 Å². The number of nitrogens with zero attached hydrogens (tertiary/aromatic N) is 4. The van der Waals surface area contributed by atoms with E-state index in [1.165, 1.54) is 24.5 Å². The monoisotopic (exact) mass is 545 g/mol. The van der Waals surface area contributed by atoms with Crippen LogP contribution in [0.1, 0.15) is 42.5 Å². The van der Waals surface area contributed by atoms with Crippen LogP contribution in [0.5, 0.6) is 0 Å². The molecule has 1 aliphatic heterocycles. The molecule has 4 rings (SSSR count). The van der Waals surface area contributed by atoms with Crippen molar-refractivity contribution < 1.29 is 27.2 Å². The summed E-state index contributed by atoms with van der Waals surface area (Å²) in [4.78, 5) is 38.4. The van der Waals surface area contributed by atoms with E-state index in [1.54, 1.807) is 6.92 Å². The SMILES string of the molecule is CC(=O)Nc1cc(C(F)(F)F)c(C(=O)Nc2cc(-c3cnc(C)nc3)c(F)cc2N2C[C@@H](C)N[C@@H](C)C2)cn1. The molecule has 3 heterocycles. The van der Waals surface area contributed by atoms with Crippen LogP contribution in [0.25, 0.3) is 11.1 Å². The number of pyridine rings is 1. The zero-order valence-corrected chi connectivity index (χ0v) is 21.7. The van der Waals surface area contributed by atoms with Crippen LogP contribution in [0.4, 0.5) is 34.8 Å². The van der Waals surface area contributed by atoms with Crippen molar-refractivity contribution in [3.8, 4) is 11.1 Å². The van der Waals surface area contributed by atoms with Gasteiger partial charge in [0.15, 0.2) is 0 Å². The minimum atomic E-state index is -4.91. The maximum atomic E-state index is 15.4. The predicted molar refractivity (Wildman–Crippen MR) is 138 cm³/mol. The first-order chi connectivity index (χ1) is 18.3. The molecule has 1 fully saturated rings. The number of amides is 2. The van der Waals surface area contributed by atoms with Gasteiger partial charge in [0.1, 0.15) is 17.5 Å². The Hall–Kier alpha value is -4.13. The van der Waals surface area contributed by atoms with E-state index >= 15 is 4.39 Å². The zero-order chi connectivity index (χ0) is 28.5. The first-order valence-corrected chi connectivity index (χ1v) is 12.1. The summed E-state index contributed by atoms with van der Waals surface area (Å²) in [6.07, 6.45) is -1.32. The normalized spacial score (nSPS) is 17.6. The van der Waals surface area contributed by atoms with E-state index in [1.807, 2.05) is 18.7 Å². The number of alkyl halides is 3. The fraction of sp³-hybridized carbons (Fsp3) is 0.346. The number of nitrogens with one attached hydrogen (secondary N) is 3. The van der Waals surface area contributed by atoms with Crippen molar-refractivity contribution in [2.24, 2.45) is 0 Å². The van der Waals surface area contributed by atoms with Gasteiger partial charge in [-0.2, -0.15) is 13.2 Å². The summed E-state index contributed by atoms with van der Waals surface area (Å²) in [6, 6.07) is 3.27. The average molecular weight is 546 g/mol. The van der Waals surface area contributed by atoms with Gasteiger partial charge in [0.05, 0.1) is 22.5 Å². The number of piperazine rings is 1. The molecule has 1 aromatic carbocycles. The van der Waals surface area contributed by atoms with Gasteiger partial charge in [0.2, 0.25) is 5.91 Å². The van der Waals surface area contributed by atoms with E-state index in [0.29, 0.717) is 36.2 Å². The Kier molecular flexibility index (Phi) is 7.82. The van der Waals surface area contributed by atoms with Gasteiger partial charge in [0.25, 0.3) is 5.91 Å². The van der Waals surface area contributed by atoms with Crippen LogP contribution in [0.3, 0.4) is 0 Å². The fourth-order valence-electron chi connectivity index (χ4n) is 4.51. The standard InChI is InChI=1S/C26H27F4N7O2/c1-13-11-37(12-14(2)34-13)23-7-21(27)18(17-8-31-15(3)32-9-17)5-22(23)36-25(39)19-10-33-24(35-16(4)38)6-20(19)26(28,29)30/h5-10,13-14,34H,11-12H2,1-4H3,(H,36,39)(H,33,35,38)/t13-,14+. The van der Waals surface area contributed by atoms with Crippen molar-refractivity contribution >= 4 is 29.0 Å². The summed E-state index contributed by atoms with van der Waals surface area (Å²) in [5.41, 5.74) is -1.21. The maximum absolute atomic E-state index is 15.4. The third kappa shape index (κ3) is 6.48. The highest BCUT2D eigenvalue weighted by Gasteiger charge is 2.36. The van der Waals surface area contributed by atoms with Gasteiger partial charge in [-0.05, 0) is 39.0 Å². The maximum Gasteiger partial charge on any atom is 0.417 e. The minimum Gasteiger partial charge on any atom is -0.367 e. The van der Waals surface area contributed by atoms with Crippen molar-refractivity contribution in [3.05, 3.63) is 59.6 Å². The quantitative estimate of drug-likeness (QED) is 0.408. The highest BCUT2D eigenvalue weighted by molar-refractivity contribution is 6.07. The molecule has 3 aromatic rings. The van der Waals surface area contributed by atoms with Crippen molar-refractivity contribution in [2.75, 3.05) is 28.6 Å². The van der Waals surface area contributed by atoms with Gasteiger partial charge in [-0.15, -0.1) is 0 Å². The molecule has 0 spiro atoms. The van der Waals surface area contributed by atoms with Gasteiger partial charge >= 0.3 is 6.18 Å². The smallest absolute Gasteiger partial charge is 0.367 e. The number of halogens is 4. The lowest BCUT2D eigenvalue weighted by molar-refractivity contribution is -0.138. The number of aromatic nitrogens is 3. The number of anilines is 3. The van der Waals surface area contributed by atoms with Crippen molar-refractivity contribution in [2.45, 2.75) is 46.0 Å². The molecule has 0 bridgehead atoms. The third-order valence-corrected chi connectivity index (χ3v) is 6.08. The van der Waals surface area contributed by atoms with Crippen LogP contribution >= 0.6 is 0 Å². The van der Waals surface area contributed by atoms with E-state index in [4.69, 9.17) is 0 Å². The molecule has 0 aliphatic carbocycles. The highest BCUT2D eigenvalue weighted by Crippen LogP contribution is 2.37. The summed E-state index contributed by atoms with van der Waals surface area (Å²) in [6.45, 7) is 7.65. The largest absolute Gasteiger partial charge is 0.417 e. The summed E-state index contributed by atoms with van der Waals surface area (Å²) >= 11 is 0. The fourth-order valence-corrected chi connectivity index (χ4v) is 4.51. The molecule has 2 aromatic heterocycles. The third-order valence-electron chi connectivity index (χ3n) is 6.08. The second kappa shape index (κ2) is 10.9. The topological polar surface area (TPSA) is 112 Å². The number of rotatable bonds is 5. The van der Waals surface area contributed by atoms with Crippen LogP contribution < -0.4 is 20.9 Å². The molecule has 3 N–H and O–H groups in total. The molecule has 1 aliphatic rings. The van der Waals surface area contributed by atoms with E-state index in [2.05, 4.69) is 30.9 Å². The predicted octanol–water partition coefficient (Wildman–Crippen LogP) is 4.40. The highest BCUT2D eigenvalue weighted by atomic mass is 19.4. The molecule has 206 valence electrons. The van der Waals surface area contributed by atoms with E-state index in [-0.39, 0.29) is 29.2 Å². The van der Waals surface area contributed by atoms with Crippen molar-refractivity contribution in [1.82, 2.24) is 20.3 Å². The van der Waals surface area contributed by atoms with Crippen LogP contribution in [0.2, 0.25) is 0 Å². The van der Waals surface area contributed by atoms with E-state index < -0.39 is 34.9 Å². The lowest BCUT2D eigenvalue weighted by Gasteiger charge is -2.38. The van der Waals surface area contributed by atoms with Crippen molar-refractivity contribution in [1.29, 1.82) is 0 Å². The number of carbonyl (C=O) groups is 2. The number of benzene rings is 1. The van der Waals surface area contributed by atoms with Gasteiger partial charge in [-0.3, -0.25) is 9.59 Å². The summed E-state index contributed by atoms with van der Waals surface area (Å²) < 4.78 is 57.1. The average Bonchev–Trinajstić information content (AvgIpc) is 2.84. The Bertz CT molecular complexity index is 1390. The summed E-state index contributed by atoms with van der Waals surface area (Å²) in [7, 11) is 0. The number of hydrogen-bond acceptors (Lipinski definition) is 7.